The third-order valence-electron chi connectivity index (χ3n) is 3.26. The van der Waals surface area contributed by atoms with Gasteiger partial charge >= 0.3 is 0 Å². The maximum absolute atomic E-state index is 13.4. The molecule has 112 valence electrons. The van der Waals surface area contributed by atoms with E-state index in [-0.39, 0.29) is 24.0 Å². The summed E-state index contributed by atoms with van der Waals surface area (Å²) in [6, 6.07) is 6.68. The van der Waals surface area contributed by atoms with Crippen LogP contribution in [0.15, 0.2) is 24.3 Å². The van der Waals surface area contributed by atoms with Crippen molar-refractivity contribution >= 4 is 24.0 Å². The van der Waals surface area contributed by atoms with Gasteiger partial charge < -0.3 is 15.5 Å². The molecule has 1 aliphatic heterocycles. The molecule has 0 bridgehead atoms. The highest BCUT2D eigenvalue weighted by Crippen LogP contribution is 2.12. The molecule has 0 aliphatic carbocycles. The van der Waals surface area contributed by atoms with Crippen molar-refractivity contribution in [2.75, 3.05) is 31.5 Å². The monoisotopic (exact) mass is 301 g/mol. The summed E-state index contributed by atoms with van der Waals surface area (Å²) in [4.78, 5) is 14.0. The van der Waals surface area contributed by atoms with E-state index >= 15 is 0 Å². The van der Waals surface area contributed by atoms with Gasteiger partial charge in [-0.3, -0.25) is 4.79 Å². The van der Waals surface area contributed by atoms with Crippen LogP contribution < -0.4 is 10.6 Å². The van der Waals surface area contributed by atoms with Crippen molar-refractivity contribution in [3.05, 3.63) is 30.1 Å². The molecule has 1 aromatic rings. The summed E-state index contributed by atoms with van der Waals surface area (Å²) in [5.74, 6) is -0.539. The molecule has 1 fully saturated rings. The molecule has 0 spiro atoms. The predicted octanol–water partition coefficient (Wildman–Crippen LogP) is 1.87. The largest absolute Gasteiger partial charge is 0.324 e. The van der Waals surface area contributed by atoms with Crippen molar-refractivity contribution in [1.82, 2.24) is 10.2 Å². The van der Waals surface area contributed by atoms with E-state index in [9.17, 15) is 9.18 Å². The van der Waals surface area contributed by atoms with Gasteiger partial charge in [-0.1, -0.05) is 12.1 Å². The average molecular weight is 302 g/mol. The van der Waals surface area contributed by atoms with Crippen molar-refractivity contribution in [2.45, 2.75) is 19.4 Å². The molecule has 2 rings (SSSR count). The van der Waals surface area contributed by atoms with Gasteiger partial charge in [-0.2, -0.15) is 0 Å². The number of hydrogen-bond donors (Lipinski definition) is 2. The Morgan fingerprint density at radius 1 is 1.50 bits per heavy atom. The summed E-state index contributed by atoms with van der Waals surface area (Å²) < 4.78 is 13.4. The molecule has 1 aliphatic rings. The molecule has 1 atom stereocenters. The molecular weight excluding hydrogens is 281 g/mol. The average Bonchev–Trinajstić information content (AvgIpc) is 2.39. The van der Waals surface area contributed by atoms with Crippen LogP contribution in [0.5, 0.6) is 0 Å². The summed E-state index contributed by atoms with van der Waals surface area (Å²) in [7, 11) is 0. The minimum Gasteiger partial charge on any atom is -0.324 e. The van der Waals surface area contributed by atoms with Crippen molar-refractivity contribution in [3.8, 4) is 0 Å². The van der Waals surface area contributed by atoms with E-state index in [1.165, 1.54) is 6.07 Å². The van der Waals surface area contributed by atoms with Crippen molar-refractivity contribution < 1.29 is 9.18 Å². The fourth-order valence-corrected chi connectivity index (χ4v) is 2.25. The molecule has 1 unspecified atom stereocenters. The smallest absolute Gasteiger partial charge is 0.225 e. The molecule has 20 heavy (non-hydrogen) atoms. The number of nitrogens with zero attached hydrogens (tertiary/aromatic N) is 1. The molecule has 6 heteroatoms. The minimum absolute atomic E-state index is 0. The van der Waals surface area contributed by atoms with Crippen LogP contribution in [0.3, 0.4) is 0 Å². The first-order chi connectivity index (χ1) is 9.15. The van der Waals surface area contributed by atoms with E-state index in [1.54, 1.807) is 18.2 Å². The van der Waals surface area contributed by atoms with E-state index in [0.29, 0.717) is 19.0 Å². The highest BCUT2D eigenvalue weighted by Gasteiger charge is 2.16. The van der Waals surface area contributed by atoms with Gasteiger partial charge in [0.1, 0.15) is 5.82 Å². The Morgan fingerprint density at radius 3 is 2.95 bits per heavy atom. The SMILES string of the molecule is CC1CN(CCC(=O)Nc2ccccc2F)CCN1.Cl. The van der Waals surface area contributed by atoms with Gasteiger partial charge in [0.2, 0.25) is 5.91 Å². The Morgan fingerprint density at radius 2 is 2.25 bits per heavy atom. The van der Waals surface area contributed by atoms with Gasteiger partial charge in [0.25, 0.3) is 0 Å². The number of halogens is 2. The van der Waals surface area contributed by atoms with Crippen molar-refractivity contribution in [3.63, 3.8) is 0 Å². The topological polar surface area (TPSA) is 44.4 Å². The first kappa shape index (κ1) is 16.9. The van der Waals surface area contributed by atoms with Gasteiger partial charge in [0, 0.05) is 38.6 Å². The van der Waals surface area contributed by atoms with Gasteiger partial charge in [0.05, 0.1) is 5.69 Å². The summed E-state index contributed by atoms with van der Waals surface area (Å²) in [5.41, 5.74) is 0.251. The first-order valence-electron chi connectivity index (χ1n) is 6.65. The van der Waals surface area contributed by atoms with Gasteiger partial charge in [-0.15, -0.1) is 12.4 Å². The summed E-state index contributed by atoms with van der Waals surface area (Å²) in [5, 5.41) is 5.96. The lowest BCUT2D eigenvalue weighted by atomic mass is 10.2. The normalized spacial score (nSPS) is 19.2. The standard InChI is InChI=1S/C14H20FN3O.ClH/c1-11-10-18(9-7-16-11)8-6-14(19)17-13-5-3-2-4-12(13)15;/h2-5,11,16H,6-10H2,1H3,(H,17,19);1H. The van der Waals surface area contributed by atoms with Gasteiger partial charge in [-0.25, -0.2) is 4.39 Å². The Balaban J connectivity index is 0.00000200. The second-order valence-electron chi connectivity index (χ2n) is 4.93. The minimum atomic E-state index is -0.397. The zero-order valence-electron chi connectivity index (χ0n) is 11.6. The lowest BCUT2D eigenvalue weighted by Gasteiger charge is -2.31. The molecule has 0 radical (unpaired) electrons. The number of benzene rings is 1. The fraction of sp³-hybridized carbons (Fsp3) is 0.500. The second-order valence-corrected chi connectivity index (χ2v) is 4.93. The third-order valence-corrected chi connectivity index (χ3v) is 3.26. The lowest BCUT2D eigenvalue weighted by Crippen LogP contribution is -2.49. The predicted molar refractivity (Wildman–Crippen MR) is 80.8 cm³/mol. The van der Waals surface area contributed by atoms with Crippen molar-refractivity contribution in [1.29, 1.82) is 0 Å². The summed E-state index contributed by atoms with van der Waals surface area (Å²) in [6.45, 7) is 5.71. The third kappa shape index (κ3) is 5.07. The molecule has 1 saturated heterocycles. The Hall–Kier alpha value is -1.17. The molecule has 1 heterocycles. The highest BCUT2D eigenvalue weighted by molar-refractivity contribution is 5.90. The lowest BCUT2D eigenvalue weighted by molar-refractivity contribution is -0.116. The quantitative estimate of drug-likeness (QED) is 0.892. The molecule has 2 N–H and O–H groups in total. The van der Waals surface area contributed by atoms with Crippen LogP contribution in [0.1, 0.15) is 13.3 Å². The molecule has 1 amide bonds. The van der Waals surface area contributed by atoms with E-state index in [4.69, 9.17) is 0 Å². The fourth-order valence-electron chi connectivity index (χ4n) is 2.25. The van der Waals surface area contributed by atoms with Crippen LogP contribution in [0, 0.1) is 5.82 Å². The number of amides is 1. The maximum atomic E-state index is 13.4. The molecule has 4 nitrogen and oxygen atoms in total. The Kier molecular flexibility index (Phi) is 6.91. The number of carbonyl (C=O) groups is 1. The highest BCUT2D eigenvalue weighted by atomic mass is 35.5. The number of hydrogen-bond acceptors (Lipinski definition) is 3. The molecule has 1 aromatic carbocycles. The summed E-state index contributed by atoms with van der Waals surface area (Å²) in [6.07, 6.45) is 0.390. The number of anilines is 1. The molecular formula is C14H21ClFN3O. The van der Waals surface area contributed by atoms with E-state index in [1.807, 2.05) is 0 Å². The number of piperazine rings is 1. The van der Waals surface area contributed by atoms with Gasteiger partial charge in [-0.05, 0) is 19.1 Å². The van der Waals surface area contributed by atoms with Crippen LogP contribution in [0.4, 0.5) is 10.1 Å². The van der Waals surface area contributed by atoms with Crippen LogP contribution >= 0.6 is 12.4 Å². The number of carbonyl (C=O) groups excluding carboxylic acids is 1. The first-order valence-corrected chi connectivity index (χ1v) is 6.65. The Labute approximate surface area is 125 Å². The zero-order valence-corrected chi connectivity index (χ0v) is 12.4. The molecule has 0 saturated carbocycles. The van der Waals surface area contributed by atoms with E-state index in [0.717, 1.165) is 19.6 Å². The van der Waals surface area contributed by atoms with Crippen LogP contribution in [0.2, 0.25) is 0 Å². The van der Waals surface area contributed by atoms with Gasteiger partial charge in [0.15, 0.2) is 0 Å². The van der Waals surface area contributed by atoms with E-state index in [2.05, 4.69) is 22.5 Å². The van der Waals surface area contributed by atoms with Crippen molar-refractivity contribution in [2.24, 2.45) is 0 Å². The van der Waals surface area contributed by atoms with E-state index < -0.39 is 5.82 Å². The number of nitrogens with one attached hydrogen (secondary N) is 2. The number of para-hydroxylation sites is 1. The molecule has 0 aromatic heterocycles. The second kappa shape index (κ2) is 8.19. The van der Waals surface area contributed by atoms with Crippen LogP contribution in [0.25, 0.3) is 0 Å². The van der Waals surface area contributed by atoms with Crippen LogP contribution in [-0.4, -0.2) is 43.0 Å². The Bertz CT molecular complexity index is 444. The number of rotatable bonds is 4. The van der Waals surface area contributed by atoms with Crippen LogP contribution in [-0.2, 0) is 4.79 Å². The summed E-state index contributed by atoms with van der Waals surface area (Å²) >= 11 is 0. The zero-order chi connectivity index (χ0) is 13.7. The maximum Gasteiger partial charge on any atom is 0.225 e.